The van der Waals surface area contributed by atoms with E-state index in [9.17, 15) is 19.2 Å². The molecule has 2 aliphatic carbocycles. The number of methoxy groups -OCH3 is 2. The van der Waals surface area contributed by atoms with E-state index in [2.05, 4.69) is 81.3 Å². The van der Waals surface area contributed by atoms with E-state index >= 15 is 0 Å². The maximum absolute atomic E-state index is 13.7. The van der Waals surface area contributed by atoms with E-state index in [4.69, 9.17) is 19.4 Å². The Morgan fingerprint density at radius 3 is 1.76 bits per heavy atom. The van der Waals surface area contributed by atoms with Gasteiger partial charge in [0.1, 0.15) is 23.7 Å². The summed E-state index contributed by atoms with van der Waals surface area (Å²) < 4.78 is 9.61. The van der Waals surface area contributed by atoms with E-state index in [0.717, 1.165) is 66.3 Å². The van der Waals surface area contributed by atoms with Gasteiger partial charge in [-0.3, -0.25) is 9.59 Å². The van der Waals surface area contributed by atoms with E-state index in [0.29, 0.717) is 13.1 Å². The van der Waals surface area contributed by atoms with Crippen LogP contribution in [0, 0.1) is 11.8 Å². The van der Waals surface area contributed by atoms with Crippen molar-refractivity contribution in [2.24, 2.45) is 11.8 Å². The third kappa shape index (κ3) is 8.82. The first-order chi connectivity index (χ1) is 32.4. The molecule has 4 N–H and O–H groups in total. The summed E-state index contributed by atoms with van der Waals surface area (Å²) >= 11 is 0. The molecule has 4 aliphatic rings. The van der Waals surface area contributed by atoms with Gasteiger partial charge >= 0.3 is 12.2 Å². The standard InChI is InChI=1S/C53H64N8O6/c1-31(2)45(58-51(64)66-5)49(62)60-27-9-11-42(60)47-54-29-40(56-47)35-17-13-33(14-18-35)37-21-22-38(44-39(37)23-26-53(44)24-7-8-25-53)34-15-19-36(20-16-34)41-30-55-48(57-41)43-12-10-28-61(43)50(63)46(32(3)4)59-52(65)67-6/h13-22,29-32,42-43,45-46H,7-12,23-28H2,1-6H3,(H,54,56)(H,55,57)(H,58,64)(H,59,65)/t42-,43-,45-,46-/m0/s1. The highest BCUT2D eigenvalue weighted by molar-refractivity contribution is 5.87. The zero-order valence-corrected chi connectivity index (χ0v) is 39.6. The lowest BCUT2D eigenvalue weighted by atomic mass is 9.76. The number of rotatable bonds is 12. The molecule has 3 fully saturated rings. The normalized spacial score (nSPS) is 19.5. The molecule has 4 heterocycles. The van der Waals surface area contributed by atoms with Gasteiger partial charge in [-0.05, 0) is 108 Å². The number of aromatic nitrogens is 4. The maximum atomic E-state index is 13.7. The predicted molar refractivity (Wildman–Crippen MR) is 257 cm³/mol. The average molecular weight is 909 g/mol. The highest BCUT2D eigenvalue weighted by Crippen LogP contribution is 2.55. The van der Waals surface area contributed by atoms with Crippen LogP contribution in [0.1, 0.15) is 120 Å². The van der Waals surface area contributed by atoms with Crippen LogP contribution in [0.5, 0.6) is 0 Å². The number of aromatic amines is 2. The van der Waals surface area contributed by atoms with Crippen molar-refractivity contribution in [3.63, 3.8) is 0 Å². The topological polar surface area (TPSA) is 175 Å². The minimum atomic E-state index is -0.684. The number of imidazole rings is 2. The van der Waals surface area contributed by atoms with E-state index in [1.54, 1.807) is 0 Å². The van der Waals surface area contributed by atoms with Crippen molar-refractivity contribution >= 4 is 24.0 Å². The fourth-order valence-corrected chi connectivity index (χ4v) is 11.4. The Labute approximate surface area is 393 Å². The predicted octanol–water partition coefficient (Wildman–Crippen LogP) is 9.65. The minimum absolute atomic E-state index is 0.102. The Morgan fingerprint density at radius 1 is 0.672 bits per heavy atom. The van der Waals surface area contributed by atoms with Gasteiger partial charge in [0, 0.05) is 24.8 Å². The molecule has 3 aromatic carbocycles. The summed E-state index contributed by atoms with van der Waals surface area (Å²) in [7, 11) is 2.61. The van der Waals surface area contributed by atoms with Gasteiger partial charge < -0.3 is 39.9 Å². The number of nitrogens with zero attached hydrogens (tertiary/aromatic N) is 4. The third-order valence-electron chi connectivity index (χ3n) is 14.9. The molecule has 9 rings (SSSR count). The maximum Gasteiger partial charge on any atom is 0.407 e. The van der Waals surface area contributed by atoms with Gasteiger partial charge in [-0.1, -0.05) is 101 Å². The molecule has 4 amide bonds. The fraction of sp³-hybridized carbons (Fsp3) is 0.472. The number of carbonyl (C=O) groups is 4. The number of likely N-dealkylation sites (tertiary alicyclic amines) is 2. The van der Waals surface area contributed by atoms with Crippen LogP contribution >= 0.6 is 0 Å². The van der Waals surface area contributed by atoms with Gasteiger partial charge in [-0.2, -0.15) is 0 Å². The SMILES string of the molecule is COC(=O)N[C@H](C(=O)N1CCC[C@H]1c1nc(-c2ccc(-c3ccc(-c4ccc(-c5cnc([C@@H]6CCCN6C(=O)[C@@H](NC(=O)OC)C(C)C)[nH]5)cc4)c4c3CCC43CCCC3)cc2)c[nH]1)C(C)C. The third-order valence-corrected chi connectivity index (χ3v) is 14.9. The van der Waals surface area contributed by atoms with E-state index in [1.807, 2.05) is 49.9 Å². The molecule has 67 heavy (non-hydrogen) atoms. The first-order valence-electron chi connectivity index (χ1n) is 24.2. The molecule has 1 spiro atoms. The summed E-state index contributed by atoms with van der Waals surface area (Å²) in [6.45, 7) is 8.89. The van der Waals surface area contributed by atoms with Crippen LogP contribution in [-0.4, -0.2) is 93.1 Å². The van der Waals surface area contributed by atoms with Crippen LogP contribution in [0.15, 0.2) is 73.1 Å². The summed E-state index contributed by atoms with van der Waals surface area (Å²) in [5.74, 6) is 1.05. The van der Waals surface area contributed by atoms with Gasteiger partial charge in [0.05, 0.1) is 43.9 Å². The van der Waals surface area contributed by atoms with E-state index in [1.165, 1.54) is 79.7 Å². The Morgan fingerprint density at radius 2 is 1.19 bits per heavy atom. The van der Waals surface area contributed by atoms with Gasteiger partial charge in [-0.25, -0.2) is 19.6 Å². The monoisotopic (exact) mass is 908 g/mol. The second-order valence-corrected chi connectivity index (χ2v) is 19.6. The van der Waals surface area contributed by atoms with Gasteiger partial charge in [-0.15, -0.1) is 0 Å². The quantitative estimate of drug-likeness (QED) is 0.0958. The van der Waals surface area contributed by atoms with Crippen molar-refractivity contribution < 1.29 is 28.7 Å². The number of hydrogen-bond acceptors (Lipinski definition) is 8. The van der Waals surface area contributed by atoms with E-state index in [-0.39, 0.29) is 41.1 Å². The molecule has 5 aromatic rings. The first kappa shape index (κ1) is 45.7. The first-order valence-corrected chi connectivity index (χ1v) is 24.2. The molecular weight excluding hydrogens is 845 g/mol. The van der Waals surface area contributed by atoms with Crippen molar-refractivity contribution in [1.29, 1.82) is 0 Å². The Balaban J connectivity index is 0.933. The molecule has 1 saturated carbocycles. The lowest BCUT2D eigenvalue weighted by Crippen LogP contribution is -2.51. The summed E-state index contributed by atoms with van der Waals surface area (Å²) in [6, 6.07) is 20.4. The number of amides is 4. The van der Waals surface area contributed by atoms with E-state index < -0.39 is 24.3 Å². The number of H-pyrrole nitrogens is 2. The van der Waals surface area contributed by atoms with Crippen LogP contribution in [0.4, 0.5) is 9.59 Å². The van der Waals surface area contributed by atoms with Gasteiger partial charge in [0.15, 0.2) is 0 Å². The zero-order chi connectivity index (χ0) is 47.0. The van der Waals surface area contributed by atoms with Crippen LogP contribution in [0.3, 0.4) is 0 Å². The second kappa shape index (κ2) is 19.0. The molecule has 2 aromatic heterocycles. The average Bonchev–Trinajstić information content (AvgIpc) is 4.21. The molecule has 4 atom stereocenters. The fourth-order valence-electron chi connectivity index (χ4n) is 11.4. The number of alkyl carbamates (subject to hydrolysis) is 2. The molecule has 2 saturated heterocycles. The molecule has 352 valence electrons. The van der Waals surface area contributed by atoms with Crippen molar-refractivity contribution in [3.05, 3.63) is 95.8 Å². The summed E-state index contributed by atoms with van der Waals surface area (Å²) in [4.78, 5) is 71.9. The summed E-state index contributed by atoms with van der Waals surface area (Å²) in [6.07, 6.45) is 13.0. The van der Waals surface area contributed by atoms with Crippen LogP contribution < -0.4 is 10.6 Å². The number of ether oxygens (including phenoxy) is 2. The smallest absolute Gasteiger partial charge is 0.407 e. The molecule has 0 bridgehead atoms. The number of benzene rings is 3. The molecule has 2 aliphatic heterocycles. The van der Waals surface area contributed by atoms with Crippen LogP contribution in [0.2, 0.25) is 0 Å². The largest absolute Gasteiger partial charge is 0.453 e. The number of nitrogens with one attached hydrogen (secondary N) is 4. The van der Waals surface area contributed by atoms with Crippen LogP contribution in [-0.2, 0) is 30.9 Å². The number of fused-ring (bicyclic) bond motifs is 2. The van der Waals surface area contributed by atoms with Crippen molar-refractivity contribution in [2.45, 2.75) is 121 Å². The van der Waals surface area contributed by atoms with Crippen LogP contribution in [0.25, 0.3) is 44.8 Å². The van der Waals surface area contributed by atoms with Crippen molar-refractivity contribution in [3.8, 4) is 44.8 Å². The molecule has 0 radical (unpaired) electrons. The Kier molecular flexibility index (Phi) is 13.0. The Hall–Kier alpha value is -6.44. The lowest BCUT2D eigenvalue weighted by molar-refractivity contribution is -0.136. The van der Waals surface area contributed by atoms with Crippen molar-refractivity contribution in [2.75, 3.05) is 27.3 Å². The molecule has 14 heteroatoms. The highest BCUT2D eigenvalue weighted by atomic mass is 16.5. The summed E-state index contributed by atoms with van der Waals surface area (Å²) in [5, 5.41) is 5.46. The molecule has 14 nitrogen and oxygen atoms in total. The number of hydrogen-bond donors (Lipinski definition) is 4. The molecular formula is C53H64N8O6. The Bertz CT molecular complexity index is 2610. The number of carbonyl (C=O) groups excluding carboxylic acids is 4. The lowest BCUT2D eigenvalue weighted by Gasteiger charge is -2.30. The second-order valence-electron chi connectivity index (χ2n) is 19.6. The zero-order valence-electron chi connectivity index (χ0n) is 39.6. The van der Waals surface area contributed by atoms with Crippen molar-refractivity contribution in [1.82, 2.24) is 40.4 Å². The highest BCUT2D eigenvalue weighted by Gasteiger charge is 2.44. The van der Waals surface area contributed by atoms with Gasteiger partial charge in [0.2, 0.25) is 11.8 Å². The van der Waals surface area contributed by atoms with Gasteiger partial charge in [0.25, 0.3) is 0 Å². The minimum Gasteiger partial charge on any atom is -0.453 e. The molecule has 0 unspecified atom stereocenters. The summed E-state index contributed by atoms with van der Waals surface area (Å²) in [5.41, 5.74) is 11.9.